The summed E-state index contributed by atoms with van der Waals surface area (Å²) in [5, 5.41) is 0. The molecule has 3 heteroatoms. The summed E-state index contributed by atoms with van der Waals surface area (Å²) in [6.45, 7) is 6.37. The maximum atomic E-state index is 6.05. The van der Waals surface area contributed by atoms with Crippen molar-refractivity contribution in [2.75, 3.05) is 0 Å². The normalized spacial score (nSPS) is 13.2. The number of nitrogens with one attached hydrogen (secondary N) is 1. The standard InChI is InChI=1S/C14H21N3/c1-4-5-11(15)8-13-16-12-7-9(2)6-10(3)14(12)17-13/h6-7,11H,4-5,8,15H2,1-3H3,(H,16,17). The van der Waals surface area contributed by atoms with Crippen LogP contribution in [0.15, 0.2) is 12.1 Å². The van der Waals surface area contributed by atoms with E-state index < -0.39 is 0 Å². The summed E-state index contributed by atoms with van der Waals surface area (Å²) in [5.41, 5.74) is 10.7. The molecule has 0 aliphatic rings. The lowest BCUT2D eigenvalue weighted by Gasteiger charge is -2.06. The van der Waals surface area contributed by atoms with Crippen molar-refractivity contribution in [3.63, 3.8) is 0 Å². The van der Waals surface area contributed by atoms with Crippen LogP contribution in [0, 0.1) is 13.8 Å². The van der Waals surface area contributed by atoms with Crippen molar-refractivity contribution in [2.45, 2.75) is 46.1 Å². The van der Waals surface area contributed by atoms with E-state index >= 15 is 0 Å². The number of nitrogens with two attached hydrogens (primary N) is 1. The molecule has 2 aromatic rings. The molecule has 0 saturated heterocycles. The quantitative estimate of drug-likeness (QED) is 0.850. The van der Waals surface area contributed by atoms with Crippen molar-refractivity contribution in [3.05, 3.63) is 29.1 Å². The van der Waals surface area contributed by atoms with Crippen LogP contribution in [0.1, 0.15) is 36.7 Å². The molecule has 0 aliphatic carbocycles. The minimum atomic E-state index is 0.210. The second kappa shape index (κ2) is 4.88. The van der Waals surface area contributed by atoms with E-state index in [9.17, 15) is 0 Å². The molecule has 1 aromatic heterocycles. The average molecular weight is 231 g/mol. The number of aromatic amines is 1. The summed E-state index contributed by atoms with van der Waals surface area (Å²) >= 11 is 0. The van der Waals surface area contributed by atoms with Crippen LogP contribution in [0.4, 0.5) is 0 Å². The van der Waals surface area contributed by atoms with Crippen molar-refractivity contribution in [1.29, 1.82) is 0 Å². The second-order valence-electron chi connectivity index (χ2n) is 4.91. The monoisotopic (exact) mass is 231 g/mol. The van der Waals surface area contributed by atoms with Crippen molar-refractivity contribution >= 4 is 11.0 Å². The van der Waals surface area contributed by atoms with Crippen LogP contribution in [0.2, 0.25) is 0 Å². The van der Waals surface area contributed by atoms with E-state index in [1.165, 1.54) is 11.1 Å². The number of aryl methyl sites for hydroxylation is 2. The Morgan fingerprint density at radius 3 is 2.82 bits per heavy atom. The van der Waals surface area contributed by atoms with Crippen LogP contribution >= 0.6 is 0 Å². The van der Waals surface area contributed by atoms with Gasteiger partial charge in [-0.15, -0.1) is 0 Å². The molecule has 0 saturated carbocycles. The molecule has 1 atom stereocenters. The number of nitrogens with zero attached hydrogens (tertiary/aromatic N) is 1. The number of fused-ring (bicyclic) bond motifs is 1. The van der Waals surface area contributed by atoms with Crippen molar-refractivity contribution in [2.24, 2.45) is 5.73 Å². The summed E-state index contributed by atoms with van der Waals surface area (Å²) in [4.78, 5) is 8.02. The third-order valence-electron chi connectivity index (χ3n) is 3.09. The third kappa shape index (κ3) is 2.67. The Labute approximate surface area is 102 Å². The number of H-pyrrole nitrogens is 1. The zero-order valence-corrected chi connectivity index (χ0v) is 10.9. The van der Waals surface area contributed by atoms with E-state index in [2.05, 4.69) is 42.9 Å². The smallest absolute Gasteiger partial charge is 0.108 e. The largest absolute Gasteiger partial charge is 0.342 e. The fraction of sp³-hybridized carbons (Fsp3) is 0.500. The average Bonchev–Trinajstić information content (AvgIpc) is 2.60. The summed E-state index contributed by atoms with van der Waals surface area (Å²) < 4.78 is 0. The molecule has 1 heterocycles. The summed E-state index contributed by atoms with van der Waals surface area (Å²) in [5.74, 6) is 1.01. The molecule has 1 unspecified atom stereocenters. The first-order valence-electron chi connectivity index (χ1n) is 6.31. The Balaban J connectivity index is 2.28. The van der Waals surface area contributed by atoms with Crippen LogP contribution in [-0.4, -0.2) is 16.0 Å². The first-order valence-corrected chi connectivity index (χ1v) is 6.31. The molecule has 0 radical (unpaired) electrons. The molecule has 1 aromatic carbocycles. The van der Waals surface area contributed by atoms with Crippen LogP contribution < -0.4 is 5.73 Å². The number of imidazole rings is 1. The van der Waals surface area contributed by atoms with E-state index in [0.29, 0.717) is 0 Å². The van der Waals surface area contributed by atoms with Gasteiger partial charge >= 0.3 is 0 Å². The lowest BCUT2D eigenvalue weighted by Crippen LogP contribution is -2.22. The first-order chi connectivity index (χ1) is 8.10. The highest BCUT2D eigenvalue weighted by Gasteiger charge is 2.09. The molecule has 2 rings (SSSR count). The number of hydrogen-bond donors (Lipinski definition) is 2. The van der Waals surface area contributed by atoms with Gasteiger partial charge in [0.25, 0.3) is 0 Å². The highest BCUT2D eigenvalue weighted by Crippen LogP contribution is 2.18. The van der Waals surface area contributed by atoms with Gasteiger partial charge in [-0.05, 0) is 37.5 Å². The first kappa shape index (κ1) is 12.1. The van der Waals surface area contributed by atoms with Gasteiger partial charge in [-0.1, -0.05) is 19.4 Å². The van der Waals surface area contributed by atoms with Gasteiger partial charge in [-0.25, -0.2) is 4.98 Å². The predicted molar refractivity (Wildman–Crippen MR) is 72.2 cm³/mol. The summed E-state index contributed by atoms with van der Waals surface area (Å²) in [6.07, 6.45) is 3.01. The molecule has 92 valence electrons. The molecule has 3 nitrogen and oxygen atoms in total. The van der Waals surface area contributed by atoms with E-state index in [1.54, 1.807) is 0 Å². The van der Waals surface area contributed by atoms with Crippen LogP contribution in [0.3, 0.4) is 0 Å². The maximum absolute atomic E-state index is 6.05. The van der Waals surface area contributed by atoms with Gasteiger partial charge in [0.2, 0.25) is 0 Å². The maximum Gasteiger partial charge on any atom is 0.108 e. The molecule has 0 fully saturated rings. The highest BCUT2D eigenvalue weighted by molar-refractivity contribution is 5.79. The minimum Gasteiger partial charge on any atom is -0.342 e. The SMILES string of the molecule is CCCC(N)Cc1nc2c(C)cc(C)cc2[nH]1. The Hall–Kier alpha value is -1.35. The third-order valence-corrected chi connectivity index (χ3v) is 3.09. The van der Waals surface area contributed by atoms with Gasteiger partial charge in [0, 0.05) is 12.5 Å². The van der Waals surface area contributed by atoms with Gasteiger partial charge in [0.1, 0.15) is 5.82 Å². The van der Waals surface area contributed by atoms with E-state index in [1.807, 2.05) is 0 Å². The zero-order valence-electron chi connectivity index (χ0n) is 10.9. The second-order valence-corrected chi connectivity index (χ2v) is 4.91. The lowest BCUT2D eigenvalue weighted by molar-refractivity contribution is 0.588. The van der Waals surface area contributed by atoms with E-state index in [4.69, 9.17) is 5.73 Å². The van der Waals surface area contributed by atoms with Gasteiger partial charge in [-0.2, -0.15) is 0 Å². The Kier molecular flexibility index (Phi) is 3.48. The predicted octanol–water partition coefficient (Wildman–Crippen LogP) is 2.85. The fourth-order valence-electron chi connectivity index (χ4n) is 2.34. The van der Waals surface area contributed by atoms with Gasteiger partial charge in [-0.3, -0.25) is 0 Å². The lowest BCUT2D eigenvalue weighted by atomic mass is 10.1. The van der Waals surface area contributed by atoms with Crippen LogP contribution in [0.5, 0.6) is 0 Å². The Morgan fingerprint density at radius 2 is 2.12 bits per heavy atom. The van der Waals surface area contributed by atoms with Crippen LogP contribution in [0.25, 0.3) is 11.0 Å². The molecule has 0 bridgehead atoms. The van der Waals surface area contributed by atoms with Crippen molar-refractivity contribution < 1.29 is 0 Å². The highest BCUT2D eigenvalue weighted by atomic mass is 14.9. The van der Waals surface area contributed by atoms with Gasteiger partial charge in [0.15, 0.2) is 0 Å². The molecular weight excluding hydrogens is 210 g/mol. The molecule has 0 amide bonds. The molecule has 17 heavy (non-hydrogen) atoms. The zero-order chi connectivity index (χ0) is 12.4. The van der Waals surface area contributed by atoms with Crippen molar-refractivity contribution in [3.8, 4) is 0 Å². The molecule has 0 spiro atoms. The van der Waals surface area contributed by atoms with Crippen molar-refractivity contribution in [1.82, 2.24) is 9.97 Å². The topological polar surface area (TPSA) is 54.7 Å². The van der Waals surface area contributed by atoms with Gasteiger partial charge < -0.3 is 10.7 Å². The van der Waals surface area contributed by atoms with Crippen LogP contribution in [-0.2, 0) is 6.42 Å². The minimum absolute atomic E-state index is 0.210. The molecular formula is C14H21N3. The summed E-state index contributed by atoms with van der Waals surface area (Å²) in [7, 11) is 0. The Bertz CT molecular complexity index is 513. The van der Waals surface area contributed by atoms with Gasteiger partial charge in [0.05, 0.1) is 11.0 Å². The number of aromatic nitrogens is 2. The molecule has 3 N–H and O–H groups in total. The van der Waals surface area contributed by atoms with E-state index in [-0.39, 0.29) is 6.04 Å². The summed E-state index contributed by atoms with van der Waals surface area (Å²) in [6, 6.07) is 4.52. The number of rotatable bonds is 4. The van der Waals surface area contributed by atoms with E-state index in [0.717, 1.165) is 36.1 Å². The Morgan fingerprint density at radius 1 is 1.35 bits per heavy atom. The number of benzene rings is 1. The molecule has 0 aliphatic heterocycles. The fourth-order valence-corrected chi connectivity index (χ4v) is 2.34. The number of hydrogen-bond acceptors (Lipinski definition) is 2.